The standard InChI is InChI=1S/C15H19BrClNO/c1-10-6-3-2-4-9-13(10)18-15(19)11-7-5-8-12(16)14(11)17/h5,7-8,10,13H,2-4,6,9H2,1H3,(H,18,19). The Morgan fingerprint density at radius 3 is 2.84 bits per heavy atom. The Hall–Kier alpha value is -0.540. The molecule has 0 bridgehead atoms. The van der Waals surface area contributed by atoms with Crippen LogP contribution in [-0.2, 0) is 0 Å². The summed E-state index contributed by atoms with van der Waals surface area (Å²) in [5.74, 6) is 0.474. The van der Waals surface area contributed by atoms with Crippen LogP contribution in [0.25, 0.3) is 0 Å². The second kappa shape index (κ2) is 6.76. The topological polar surface area (TPSA) is 29.1 Å². The first-order valence-electron chi connectivity index (χ1n) is 6.84. The molecule has 1 aromatic rings. The van der Waals surface area contributed by atoms with Crippen molar-refractivity contribution in [3.8, 4) is 0 Å². The predicted octanol–water partition coefficient (Wildman–Crippen LogP) is 4.80. The Morgan fingerprint density at radius 1 is 1.32 bits per heavy atom. The van der Waals surface area contributed by atoms with E-state index in [0.717, 1.165) is 10.9 Å². The smallest absolute Gasteiger partial charge is 0.253 e. The average molecular weight is 345 g/mol. The Balaban J connectivity index is 2.09. The van der Waals surface area contributed by atoms with E-state index in [9.17, 15) is 4.79 Å². The van der Waals surface area contributed by atoms with Gasteiger partial charge in [0.2, 0.25) is 0 Å². The van der Waals surface area contributed by atoms with E-state index < -0.39 is 0 Å². The molecule has 19 heavy (non-hydrogen) atoms. The molecule has 0 aromatic heterocycles. The number of amides is 1. The normalized spacial score (nSPS) is 23.7. The number of carbonyl (C=O) groups excluding carboxylic acids is 1. The first-order chi connectivity index (χ1) is 9.09. The number of carbonyl (C=O) groups is 1. The molecule has 1 fully saturated rings. The number of hydrogen-bond acceptors (Lipinski definition) is 1. The molecule has 4 heteroatoms. The first kappa shape index (κ1) is 14.9. The minimum atomic E-state index is -0.0648. The van der Waals surface area contributed by atoms with Gasteiger partial charge in [0, 0.05) is 10.5 Å². The van der Waals surface area contributed by atoms with Crippen LogP contribution in [0.5, 0.6) is 0 Å². The monoisotopic (exact) mass is 343 g/mol. The van der Waals surface area contributed by atoms with Gasteiger partial charge in [-0.15, -0.1) is 0 Å². The van der Waals surface area contributed by atoms with Crippen molar-refractivity contribution in [3.63, 3.8) is 0 Å². The Labute approximate surface area is 128 Å². The van der Waals surface area contributed by atoms with Crippen LogP contribution >= 0.6 is 27.5 Å². The molecule has 1 aliphatic carbocycles. The lowest BCUT2D eigenvalue weighted by Gasteiger charge is -2.23. The highest BCUT2D eigenvalue weighted by Gasteiger charge is 2.23. The summed E-state index contributed by atoms with van der Waals surface area (Å²) in [5, 5.41) is 3.64. The molecule has 0 aliphatic heterocycles. The van der Waals surface area contributed by atoms with Crippen molar-refractivity contribution in [3.05, 3.63) is 33.3 Å². The minimum Gasteiger partial charge on any atom is -0.349 e. The van der Waals surface area contributed by atoms with E-state index in [1.165, 1.54) is 25.7 Å². The lowest BCUT2D eigenvalue weighted by atomic mass is 9.96. The molecule has 1 amide bonds. The van der Waals surface area contributed by atoms with Gasteiger partial charge in [-0.1, -0.05) is 43.9 Å². The molecule has 1 saturated carbocycles. The molecule has 2 unspecified atom stereocenters. The molecule has 1 aliphatic rings. The summed E-state index contributed by atoms with van der Waals surface area (Å²) in [7, 11) is 0. The number of hydrogen-bond donors (Lipinski definition) is 1. The highest BCUT2D eigenvalue weighted by Crippen LogP contribution is 2.27. The summed E-state index contributed by atoms with van der Waals surface area (Å²) in [4.78, 5) is 12.3. The van der Waals surface area contributed by atoms with Gasteiger partial charge < -0.3 is 5.32 Å². The van der Waals surface area contributed by atoms with Gasteiger partial charge in [-0.25, -0.2) is 0 Å². The van der Waals surface area contributed by atoms with Crippen molar-refractivity contribution in [2.24, 2.45) is 5.92 Å². The van der Waals surface area contributed by atoms with Gasteiger partial charge in [0.1, 0.15) is 0 Å². The zero-order valence-corrected chi connectivity index (χ0v) is 13.4. The molecular formula is C15H19BrClNO. The lowest BCUT2D eigenvalue weighted by molar-refractivity contribution is 0.0921. The van der Waals surface area contributed by atoms with E-state index in [0.29, 0.717) is 16.5 Å². The van der Waals surface area contributed by atoms with Crippen LogP contribution in [0.3, 0.4) is 0 Å². The van der Waals surface area contributed by atoms with Crippen molar-refractivity contribution < 1.29 is 4.79 Å². The molecule has 0 heterocycles. The van der Waals surface area contributed by atoms with E-state index in [2.05, 4.69) is 28.2 Å². The molecule has 2 atom stereocenters. The zero-order valence-electron chi connectivity index (χ0n) is 11.1. The number of benzene rings is 1. The van der Waals surface area contributed by atoms with Crippen LogP contribution in [0.15, 0.2) is 22.7 Å². The largest absolute Gasteiger partial charge is 0.349 e. The summed E-state index contributed by atoms with van der Waals surface area (Å²) in [6.45, 7) is 2.22. The van der Waals surface area contributed by atoms with Gasteiger partial charge in [-0.05, 0) is 46.8 Å². The third kappa shape index (κ3) is 3.73. The highest BCUT2D eigenvalue weighted by molar-refractivity contribution is 9.10. The average Bonchev–Trinajstić information content (AvgIpc) is 2.58. The number of nitrogens with one attached hydrogen (secondary N) is 1. The fourth-order valence-electron chi connectivity index (χ4n) is 2.63. The van der Waals surface area contributed by atoms with Crippen molar-refractivity contribution >= 4 is 33.4 Å². The highest BCUT2D eigenvalue weighted by atomic mass is 79.9. The maximum atomic E-state index is 12.3. The van der Waals surface area contributed by atoms with E-state index >= 15 is 0 Å². The van der Waals surface area contributed by atoms with Crippen molar-refractivity contribution in [1.29, 1.82) is 0 Å². The predicted molar refractivity (Wildman–Crippen MR) is 82.7 cm³/mol. The SMILES string of the molecule is CC1CCCCCC1NC(=O)c1cccc(Br)c1Cl. The van der Waals surface area contributed by atoms with Crippen molar-refractivity contribution in [1.82, 2.24) is 5.32 Å². The summed E-state index contributed by atoms with van der Waals surface area (Å²) in [6.07, 6.45) is 6.00. The molecular weight excluding hydrogens is 326 g/mol. The van der Waals surface area contributed by atoms with E-state index in [4.69, 9.17) is 11.6 Å². The van der Waals surface area contributed by atoms with E-state index in [1.54, 1.807) is 6.07 Å². The van der Waals surface area contributed by atoms with Crippen LogP contribution in [0.4, 0.5) is 0 Å². The van der Waals surface area contributed by atoms with Gasteiger partial charge in [-0.3, -0.25) is 4.79 Å². The second-order valence-corrected chi connectivity index (χ2v) is 6.53. The molecule has 0 saturated heterocycles. The number of halogens is 2. The van der Waals surface area contributed by atoms with Crippen LogP contribution in [0.2, 0.25) is 5.02 Å². The summed E-state index contributed by atoms with van der Waals surface area (Å²) < 4.78 is 0.760. The van der Waals surface area contributed by atoms with Crippen LogP contribution < -0.4 is 5.32 Å². The van der Waals surface area contributed by atoms with Crippen LogP contribution in [0.1, 0.15) is 49.4 Å². The van der Waals surface area contributed by atoms with E-state index in [-0.39, 0.29) is 11.9 Å². The molecule has 2 rings (SSSR count). The quantitative estimate of drug-likeness (QED) is 0.767. The fourth-order valence-corrected chi connectivity index (χ4v) is 3.21. The molecule has 1 aromatic carbocycles. The van der Waals surface area contributed by atoms with Gasteiger partial charge >= 0.3 is 0 Å². The van der Waals surface area contributed by atoms with Crippen LogP contribution in [-0.4, -0.2) is 11.9 Å². The Kier molecular flexibility index (Phi) is 5.28. The van der Waals surface area contributed by atoms with Crippen molar-refractivity contribution in [2.75, 3.05) is 0 Å². The lowest BCUT2D eigenvalue weighted by Crippen LogP contribution is -2.39. The summed E-state index contributed by atoms with van der Waals surface area (Å²) in [5.41, 5.74) is 0.549. The van der Waals surface area contributed by atoms with Gasteiger partial charge in [-0.2, -0.15) is 0 Å². The molecule has 2 nitrogen and oxygen atoms in total. The van der Waals surface area contributed by atoms with Gasteiger partial charge in [0.25, 0.3) is 5.91 Å². The first-order valence-corrected chi connectivity index (χ1v) is 8.01. The maximum absolute atomic E-state index is 12.3. The van der Waals surface area contributed by atoms with E-state index in [1.807, 2.05) is 12.1 Å². The second-order valence-electron chi connectivity index (χ2n) is 5.30. The zero-order chi connectivity index (χ0) is 13.8. The third-order valence-electron chi connectivity index (χ3n) is 3.87. The van der Waals surface area contributed by atoms with Gasteiger partial charge in [0.15, 0.2) is 0 Å². The maximum Gasteiger partial charge on any atom is 0.253 e. The Morgan fingerprint density at radius 2 is 2.05 bits per heavy atom. The van der Waals surface area contributed by atoms with Crippen LogP contribution in [0, 0.1) is 5.92 Å². The molecule has 0 radical (unpaired) electrons. The molecule has 1 N–H and O–H groups in total. The minimum absolute atomic E-state index is 0.0648. The fraction of sp³-hybridized carbons (Fsp3) is 0.533. The summed E-state index contributed by atoms with van der Waals surface area (Å²) >= 11 is 9.52. The van der Waals surface area contributed by atoms with Gasteiger partial charge in [0.05, 0.1) is 10.6 Å². The Bertz CT molecular complexity index is 463. The molecule has 0 spiro atoms. The summed E-state index contributed by atoms with van der Waals surface area (Å²) in [6, 6.07) is 5.71. The van der Waals surface area contributed by atoms with Crippen molar-refractivity contribution in [2.45, 2.75) is 45.1 Å². The number of rotatable bonds is 2. The third-order valence-corrected chi connectivity index (χ3v) is 5.17. The molecule has 104 valence electrons.